The summed E-state index contributed by atoms with van der Waals surface area (Å²) >= 11 is 1.50. The van der Waals surface area contributed by atoms with Crippen molar-refractivity contribution in [1.29, 1.82) is 0 Å². The molecule has 0 radical (unpaired) electrons. The van der Waals surface area contributed by atoms with Crippen LogP contribution in [0.2, 0.25) is 0 Å². The highest BCUT2D eigenvalue weighted by molar-refractivity contribution is 7.89. The number of hydrogen-bond donors (Lipinski definition) is 2. The molecule has 1 aromatic carbocycles. The summed E-state index contributed by atoms with van der Waals surface area (Å²) in [7, 11) is -2.30. The van der Waals surface area contributed by atoms with Crippen LogP contribution in [0.3, 0.4) is 0 Å². The number of imidazole rings is 1. The largest absolute Gasteiger partial charge is 0.346 e. The van der Waals surface area contributed by atoms with E-state index in [0.717, 1.165) is 42.2 Å². The average molecular weight is 431 g/mol. The highest BCUT2D eigenvalue weighted by Gasteiger charge is 2.20. The summed E-state index contributed by atoms with van der Waals surface area (Å²) in [6.07, 6.45) is 5.23. The molecular formula is C20H22N4O3S2. The van der Waals surface area contributed by atoms with Gasteiger partial charge in [0.15, 0.2) is 0 Å². The lowest BCUT2D eigenvalue weighted by Gasteiger charge is -2.11. The molecule has 1 amide bonds. The maximum absolute atomic E-state index is 13.0. The molecular weight excluding hydrogens is 408 g/mol. The van der Waals surface area contributed by atoms with E-state index in [-0.39, 0.29) is 10.8 Å². The maximum Gasteiger partial charge on any atom is 0.252 e. The molecule has 2 N–H and O–H groups in total. The van der Waals surface area contributed by atoms with Crippen LogP contribution in [0.1, 0.15) is 34.7 Å². The molecule has 152 valence electrons. The first kappa shape index (κ1) is 19.8. The standard InChI is InChI=1S/C20H22N4O3S2/c1-21-29(26,27)15-7-8-16(18-5-4-10-28-18)17(11-15)20(25)22-12-14-13-24-9-3-2-6-19(24)23-14/h4-5,7-8,10-11,13,21H,2-3,6,9,12H2,1H3,(H,22,25). The predicted molar refractivity (Wildman–Crippen MR) is 112 cm³/mol. The van der Waals surface area contributed by atoms with Crippen molar-refractivity contribution >= 4 is 27.3 Å². The summed E-state index contributed by atoms with van der Waals surface area (Å²) in [4.78, 5) is 18.6. The van der Waals surface area contributed by atoms with Gasteiger partial charge in [-0.3, -0.25) is 4.79 Å². The molecule has 0 saturated carbocycles. The van der Waals surface area contributed by atoms with Crippen LogP contribution < -0.4 is 10.0 Å². The van der Waals surface area contributed by atoms with Crippen LogP contribution in [0.4, 0.5) is 0 Å². The van der Waals surface area contributed by atoms with Gasteiger partial charge in [-0.1, -0.05) is 12.1 Å². The number of benzene rings is 1. The van der Waals surface area contributed by atoms with Crippen LogP contribution in [-0.4, -0.2) is 30.9 Å². The predicted octanol–water partition coefficient (Wildman–Crippen LogP) is 2.79. The van der Waals surface area contributed by atoms with Crippen LogP contribution in [0, 0.1) is 0 Å². The molecule has 0 fully saturated rings. The van der Waals surface area contributed by atoms with Gasteiger partial charge in [-0.15, -0.1) is 11.3 Å². The Balaban J connectivity index is 1.61. The second-order valence-electron chi connectivity index (χ2n) is 6.87. The molecule has 0 bridgehead atoms. The molecule has 4 rings (SSSR count). The molecule has 7 nitrogen and oxygen atoms in total. The Bertz CT molecular complexity index is 1110. The summed E-state index contributed by atoms with van der Waals surface area (Å²) in [5, 5.41) is 4.82. The van der Waals surface area contributed by atoms with Crippen molar-refractivity contribution in [2.45, 2.75) is 37.2 Å². The highest BCUT2D eigenvalue weighted by atomic mass is 32.2. The van der Waals surface area contributed by atoms with E-state index in [1.54, 1.807) is 6.07 Å². The molecule has 0 spiro atoms. The van der Waals surface area contributed by atoms with Crippen LogP contribution >= 0.6 is 11.3 Å². The lowest BCUT2D eigenvalue weighted by atomic mass is 10.1. The highest BCUT2D eigenvalue weighted by Crippen LogP contribution is 2.30. The van der Waals surface area contributed by atoms with Gasteiger partial charge < -0.3 is 9.88 Å². The van der Waals surface area contributed by atoms with Crippen LogP contribution in [0.5, 0.6) is 0 Å². The van der Waals surface area contributed by atoms with E-state index in [1.807, 2.05) is 23.7 Å². The lowest BCUT2D eigenvalue weighted by Crippen LogP contribution is -2.25. The minimum Gasteiger partial charge on any atom is -0.346 e. The molecule has 3 aromatic rings. The lowest BCUT2D eigenvalue weighted by molar-refractivity contribution is 0.0951. The number of carbonyl (C=O) groups is 1. The molecule has 9 heteroatoms. The number of thiophene rings is 1. The maximum atomic E-state index is 13.0. The minimum atomic E-state index is -3.65. The van der Waals surface area contributed by atoms with Gasteiger partial charge in [-0.05, 0) is 43.5 Å². The van der Waals surface area contributed by atoms with Gasteiger partial charge in [-0.2, -0.15) is 0 Å². The molecule has 1 aliphatic rings. The number of aryl methyl sites for hydroxylation is 2. The van der Waals surface area contributed by atoms with E-state index >= 15 is 0 Å². The summed E-state index contributed by atoms with van der Waals surface area (Å²) < 4.78 is 28.9. The molecule has 2 aromatic heterocycles. The summed E-state index contributed by atoms with van der Waals surface area (Å²) in [5.74, 6) is 0.731. The first-order chi connectivity index (χ1) is 14.0. The van der Waals surface area contributed by atoms with Gasteiger partial charge in [-0.25, -0.2) is 18.1 Å². The third-order valence-electron chi connectivity index (χ3n) is 4.99. The van der Waals surface area contributed by atoms with E-state index in [2.05, 4.69) is 19.6 Å². The Labute approximate surface area is 173 Å². The number of hydrogen-bond acceptors (Lipinski definition) is 5. The van der Waals surface area contributed by atoms with Crippen molar-refractivity contribution in [3.63, 3.8) is 0 Å². The molecule has 0 saturated heterocycles. The zero-order valence-corrected chi connectivity index (χ0v) is 17.6. The molecule has 29 heavy (non-hydrogen) atoms. The van der Waals surface area contributed by atoms with E-state index in [0.29, 0.717) is 17.7 Å². The van der Waals surface area contributed by atoms with Crippen molar-refractivity contribution in [2.24, 2.45) is 0 Å². The van der Waals surface area contributed by atoms with E-state index in [1.165, 1.54) is 30.5 Å². The molecule has 0 unspecified atom stereocenters. The zero-order chi connectivity index (χ0) is 20.4. The van der Waals surface area contributed by atoms with Crippen molar-refractivity contribution in [3.05, 3.63) is 59.0 Å². The Hall–Kier alpha value is -2.49. The van der Waals surface area contributed by atoms with Crippen molar-refractivity contribution in [3.8, 4) is 10.4 Å². The topological polar surface area (TPSA) is 93.1 Å². The Kier molecular flexibility index (Phi) is 5.53. The number of aromatic nitrogens is 2. The molecule has 3 heterocycles. The SMILES string of the molecule is CNS(=O)(=O)c1ccc(-c2cccs2)c(C(=O)NCc2cn3c(n2)CCCC3)c1. The van der Waals surface area contributed by atoms with Gasteiger partial charge in [0.25, 0.3) is 5.91 Å². The number of amides is 1. The fourth-order valence-corrected chi connectivity index (χ4v) is 4.99. The van der Waals surface area contributed by atoms with Gasteiger partial charge in [0.05, 0.1) is 17.1 Å². The van der Waals surface area contributed by atoms with Gasteiger partial charge in [0.1, 0.15) is 5.82 Å². The number of rotatable bonds is 6. The molecule has 0 aliphatic carbocycles. The average Bonchev–Trinajstić information content (AvgIpc) is 3.41. The summed E-state index contributed by atoms with van der Waals surface area (Å²) in [6.45, 7) is 1.26. The summed E-state index contributed by atoms with van der Waals surface area (Å²) in [5.41, 5.74) is 1.84. The van der Waals surface area contributed by atoms with Crippen molar-refractivity contribution < 1.29 is 13.2 Å². The monoisotopic (exact) mass is 430 g/mol. The number of fused-ring (bicyclic) bond motifs is 1. The zero-order valence-electron chi connectivity index (χ0n) is 16.0. The first-order valence-electron chi connectivity index (χ1n) is 9.42. The van der Waals surface area contributed by atoms with E-state index in [9.17, 15) is 13.2 Å². The molecule has 1 aliphatic heterocycles. The van der Waals surface area contributed by atoms with Crippen LogP contribution in [-0.2, 0) is 29.5 Å². The summed E-state index contributed by atoms with van der Waals surface area (Å²) in [6, 6.07) is 8.43. The number of carbonyl (C=O) groups excluding carboxylic acids is 1. The third-order valence-corrected chi connectivity index (χ3v) is 7.30. The fraction of sp³-hybridized carbons (Fsp3) is 0.300. The van der Waals surface area contributed by atoms with Crippen LogP contribution in [0.25, 0.3) is 10.4 Å². The number of nitrogens with zero attached hydrogens (tertiary/aromatic N) is 2. The normalized spacial score (nSPS) is 13.8. The second-order valence-corrected chi connectivity index (χ2v) is 9.71. The van der Waals surface area contributed by atoms with Gasteiger partial charge >= 0.3 is 0 Å². The smallest absolute Gasteiger partial charge is 0.252 e. The van der Waals surface area contributed by atoms with E-state index in [4.69, 9.17) is 0 Å². The second kappa shape index (κ2) is 8.10. The van der Waals surface area contributed by atoms with Gasteiger partial charge in [0, 0.05) is 35.2 Å². The Morgan fingerprint density at radius 3 is 2.86 bits per heavy atom. The van der Waals surface area contributed by atoms with Crippen molar-refractivity contribution in [1.82, 2.24) is 19.6 Å². The first-order valence-corrected chi connectivity index (χ1v) is 11.8. The minimum absolute atomic E-state index is 0.0583. The molecule has 0 atom stereocenters. The number of sulfonamides is 1. The Morgan fingerprint density at radius 1 is 1.28 bits per heavy atom. The number of nitrogens with one attached hydrogen (secondary N) is 2. The fourth-order valence-electron chi connectivity index (χ4n) is 3.47. The van der Waals surface area contributed by atoms with Crippen LogP contribution in [0.15, 0.2) is 46.8 Å². The third kappa shape index (κ3) is 4.12. The quantitative estimate of drug-likeness (QED) is 0.629. The Morgan fingerprint density at radius 2 is 2.14 bits per heavy atom. The van der Waals surface area contributed by atoms with E-state index < -0.39 is 10.0 Å². The van der Waals surface area contributed by atoms with Crippen molar-refractivity contribution in [2.75, 3.05) is 7.05 Å². The van der Waals surface area contributed by atoms with Gasteiger partial charge in [0.2, 0.25) is 10.0 Å².